The number of thiophene rings is 1. The third kappa shape index (κ3) is 7.03. The number of amides is 3. The molecular weight excluding hydrogens is 410 g/mol. The molecule has 0 saturated heterocycles. The molecule has 2 aromatic carbocycles. The molecule has 0 aliphatic carbocycles. The van der Waals surface area contributed by atoms with Crippen molar-refractivity contribution in [2.45, 2.75) is 19.0 Å². The molecule has 31 heavy (non-hydrogen) atoms. The molecular formula is C24H27N3O3S. The van der Waals surface area contributed by atoms with Gasteiger partial charge in [0.2, 0.25) is 5.91 Å². The van der Waals surface area contributed by atoms with Gasteiger partial charge in [0.25, 0.3) is 0 Å². The predicted molar refractivity (Wildman–Crippen MR) is 123 cm³/mol. The van der Waals surface area contributed by atoms with Crippen molar-refractivity contribution in [2.24, 2.45) is 0 Å². The minimum absolute atomic E-state index is 0.0235. The highest BCUT2D eigenvalue weighted by molar-refractivity contribution is 7.09. The molecule has 0 atom stereocenters. The predicted octanol–water partition coefficient (Wildman–Crippen LogP) is 3.55. The Morgan fingerprint density at radius 2 is 1.58 bits per heavy atom. The number of benzene rings is 2. The standard InChI is InChI=1S/C24H27N3O3S/c28-15-8-14-27(18-22(29)26-24(30)25-17-21-13-7-16-31-21)23(19-9-3-1-4-10-19)20-11-5-2-6-12-20/h1-7,9-13,16,23,28H,8,14-15,17-18H2,(H2,25,26,29,30). The summed E-state index contributed by atoms with van der Waals surface area (Å²) in [6, 6.07) is 23.0. The van der Waals surface area contributed by atoms with Crippen LogP contribution in [-0.2, 0) is 11.3 Å². The van der Waals surface area contributed by atoms with Crippen LogP contribution in [0.3, 0.4) is 0 Å². The van der Waals surface area contributed by atoms with E-state index < -0.39 is 11.9 Å². The highest BCUT2D eigenvalue weighted by Crippen LogP contribution is 2.28. The topological polar surface area (TPSA) is 81.7 Å². The van der Waals surface area contributed by atoms with Crippen LogP contribution in [0.2, 0.25) is 0 Å². The normalized spacial score (nSPS) is 10.9. The van der Waals surface area contributed by atoms with Gasteiger partial charge in [-0.25, -0.2) is 4.79 Å². The smallest absolute Gasteiger partial charge is 0.321 e. The van der Waals surface area contributed by atoms with Crippen molar-refractivity contribution in [3.05, 3.63) is 94.2 Å². The summed E-state index contributed by atoms with van der Waals surface area (Å²) in [6.45, 7) is 0.938. The van der Waals surface area contributed by atoms with Crippen LogP contribution >= 0.6 is 11.3 Å². The molecule has 0 aliphatic rings. The van der Waals surface area contributed by atoms with Gasteiger partial charge in [0.05, 0.1) is 19.1 Å². The summed E-state index contributed by atoms with van der Waals surface area (Å²) in [6.07, 6.45) is 0.522. The molecule has 7 heteroatoms. The number of aliphatic hydroxyl groups is 1. The van der Waals surface area contributed by atoms with Crippen LogP contribution in [0.15, 0.2) is 78.2 Å². The summed E-state index contributed by atoms with van der Waals surface area (Å²) in [4.78, 5) is 27.8. The maximum atomic E-state index is 12.7. The maximum absolute atomic E-state index is 12.7. The number of carbonyl (C=O) groups excluding carboxylic acids is 2. The van der Waals surface area contributed by atoms with Crippen molar-refractivity contribution in [3.8, 4) is 0 Å². The second-order valence-electron chi connectivity index (χ2n) is 7.08. The van der Waals surface area contributed by atoms with E-state index in [1.807, 2.05) is 83.1 Å². The Labute approximate surface area is 186 Å². The molecule has 0 aliphatic heterocycles. The van der Waals surface area contributed by atoms with Gasteiger partial charge >= 0.3 is 6.03 Å². The van der Waals surface area contributed by atoms with Crippen molar-refractivity contribution in [3.63, 3.8) is 0 Å². The molecule has 3 N–H and O–H groups in total. The molecule has 162 valence electrons. The molecule has 3 amide bonds. The molecule has 0 radical (unpaired) electrons. The molecule has 0 saturated carbocycles. The molecule has 1 heterocycles. The fourth-order valence-corrected chi connectivity index (χ4v) is 4.08. The van der Waals surface area contributed by atoms with Crippen LogP contribution in [0.5, 0.6) is 0 Å². The lowest BCUT2D eigenvalue weighted by atomic mass is 9.96. The second-order valence-corrected chi connectivity index (χ2v) is 8.11. The largest absolute Gasteiger partial charge is 0.396 e. The highest BCUT2D eigenvalue weighted by atomic mass is 32.1. The van der Waals surface area contributed by atoms with Gasteiger partial charge in [0.15, 0.2) is 0 Å². The lowest BCUT2D eigenvalue weighted by Gasteiger charge is -2.32. The lowest BCUT2D eigenvalue weighted by molar-refractivity contribution is -0.121. The third-order valence-electron chi connectivity index (χ3n) is 4.80. The molecule has 3 rings (SSSR count). The van der Waals surface area contributed by atoms with E-state index in [1.54, 1.807) is 11.3 Å². The first-order valence-corrected chi connectivity index (χ1v) is 11.1. The van der Waals surface area contributed by atoms with E-state index >= 15 is 0 Å². The van der Waals surface area contributed by atoms with E-state index in [0.717, 1.165) is 16.0 Å². The van der Waals surface area contributed by atoms with Crippen LogP contribution in [-0.4, -0.2) is 41.6 Å². The Balaban J connectivity index is 1.72. The maximum Gasteiger partial charge on any atom is 0.321 e. The van der Waals surface area contributed by atoms with Gasteiger partial charge in [0.1, 0.15) is 0 Å². The zero-order valence-corrected chi connectivity index (χ0v) is 18.1. The van der Waals surface area contributed by atoms with E-state index in [1.165, 1.54) is 0 Å². The van der Waals surface area contributed by atoms with E-state index in [2.05, 4.69) is 10.6 Å². The third-order valence-corrected chi connectivity index (χ3v) is 5.68. The zero-order chi connectivity index (χ0) is 21.9. The number of hydrogen-bond acceptors (Lipinski definition) is 5. The molecule has 0 fully saturated rings. The number of hydrogen-bond donors (Lipinski definition) is 3. The van der Waals surface area contributed by atoms with Crippen LogP contribution < -0.4 is 10.6 Å². The Hall–Kier alpha value is -3.00. The minimum Gasteiger partial charge on any atom is -0.396 e. The Morgan fingerprint density at radius 3 is 2.13 bits per heavy atom. The molecule has 3 aromatic rings. The Bertz CT molecular complexity index is 894. The van der Waals surface area contributed by atoms with Gasteiger partial charge < -0.3 is 10.4 Å². The van der Waals surface area contributed by atoms with E-state index in [4.69, 9.17) is 0 Å². The number of carbonyl (C=O) groups is 2. The fraction of sp³-hybridized carbons (Fsp3) is 0.250. The SMILES string of the molecule is O=C(CN(CCCO)C(c1ccccc1)c1ccccc1)NC(=O)NCc1cccs1. The van der Waals surface area contributed by atoms with Crippen LogP contribution in [0.4, 0.5) is 4.79 Å². The molecule has 0 bridgehead atoms. The highest BCUT2D eigenvalue weighted by Gasteiger charge is 2.24. The first-order chi connectivity index (χ1) is 15.2. The van der Waals surface area contributed by atoms with E-state index in [9.17, 15) is 14.7 Å². The summed E-state index contributed by atoms with van der Waals surface area (Å²) in [7, 11) is 0. The molecule has 1 aromatic heterocycles. The van der Waals surface area contributed by atoms with E-state index in [-0.39, 0.29) is 19.2 Å². The minimum atomic E-state index is -0.517. The monoisotopic (exact) mass is 437 g/mol. The van der Waals surface area contributed by atoms with Crippen molar-refractivity contribution in [2.75, 3.05) is 19.7 Å². The number of imide groups is 1. The first kappa shape index (κ1) is 22.7. The summed E-state index contributed by atoms with van der Waals surface area (Å²) in [5.74, 6) is -0.390. The van der Waals surface area contributed by atoms with Crippen LogP contribution in [0.1, 0.15) is 28.5 Å². The first-order valence-electron chi connectivity index (χ1n) is 10.2. The molecule has 0 spiro atoms. The van der Waals surface area contributed by atoms with Crippen LogP contribution in [0.25, 0.3) is 0 Å². The number of nitrogens with one attached hydrogen (secondary N) is 2. The summed E-state index contributed by atoms with van der Waals surface area (Å²) in [5.41, 5.74) is 2.09. The number of aliphatic hydroxyl groups excluding tert-OH is 1. The fourth-order valence-electron chi connectivity index (χ4n) is 3.43. The second kappa shape index (κ2) is 12.0. The van der Waals surface area contributed by atoms with Gasteiger partial charge in [-0.05, 0) is 29.0 Å². The van der Waals surface area contributed by atoms with Gasteiger partial charge in [-0.3, -0.25) is 15.0 Å². The molecule has 6 nitrogen and oxygen atoms in total. The summed E-state index contributed by atoms with van der Waals surface area (Å²) >= 11 is 1.54. The molecule has 0 unspecified atom stereocenters. The van der Waals surface area contributed by atoms with Gasteiger partial charge in [-0.1, -0.05) is 66.7 Å². The van der Waals surface area contributed by atoms with E-state index in [0.29, 0.717) is 19.5 Å². The van der Waals surface area contributed by atoms with Gasteiger partial charge in [-0.15, -0.1) is 11.3 Å². The average molecular weight is 438 g/mol. The Kier molecular flexibility index (Phi) is 8.78. The number of nitrogens with zero attached hydrogens (tertiary/aromatic N) is 1. The average Bonchev–Trinajstić information content (AvgIpc) is 3.31. The van der Waals surface area contributed by atoms with Crippen molar-refractivity contribution in [1.29, 1.82) is 0 Å². The number of rotatable bonds is 10. The number of urea groups is 1. The Morgan fingerprint density at radius 1 is 0.935 bits per heavy atom. The van der Waals surface area contributed by atoms with Gasteiger partial charge in [-0.2, -0.15) is 0 Å². The zero-order valence-electron chi connectivity index (χ0n) is 17.2. The quantitative estimate of drug-likeness (QED) is 0.453. The van der Waals surface area contributed by atoms with Gasteiger partial charge in [0, 0.05) is 18.0 Å². The van der Waals surface area contributed by atoms with Crippen LogP contribution in [0, 0.1) is 0 Å². The summed E-state index contributed by atoms with van der Waals surface area (Å²) in [5, 5.41) is 16.4. The van der Waals surface area contributed by atoms with Crippen molar-refractivity contribution >= 4 is 23.3 Å². The van der Waals surface area contributed by atoms with Crippen molar-refractivity contribution < 1.29 is 14.7 Å². The summed E-state index contributed by atoms with van der Waals surface area (Å²) < 4.78 is 0. The lowest BCUT2D eigenvalue weighted by Crippen LogP contribution is -2.45. The van der Waals surface area contributed by atoms with Crippen molar-refractivity contribution in [1.82, 2.24) is 15.5 Å².